The van der Waals surface area contributed by atoms with Crippen molar-refractivity contribution >= 4 is 63.1 Å². The van der Waals surface area contributed by atoms with Crippen LogP contribution in [0.2, 0.25) is 0 Å². The maximum Gasteiger partial charge on any atom is 0.414 e. The first-order chi connectivity index (χ1) is 34.1. The number of fused-ring (bicyclic) bond motifs is 2. The predicted molar refractivity (Wildman–Crippen MR) is 252 cm³/mol. The molecule has 4 N–H and O–H groups in total. The first-order valence-electron chi connectivity index (χ1n) is 22.3. The van der Waals surface area contributed by atoms with E-state index in [0.29, 0.717) is 82.9 Å². The number of benzene rings is 4. The summed E-state index contributed by atoms with van der Waals surface area (Å²) >= 11 is 0. The quantitative estimate of drug-likeness (QED) is 0.0464. The van der Waals surface area contributed by atoms with Crippen LogP contribution in [0.25, 0.3) is 0 Å². The van der Waals surface area contributed by atoms with E-state index in [1.807, 2.05) is 0 Å². The average Bonchev–Trinajstić information content (AvgIpc) is 4.18. The summed E-state index contributed by atoms with van der Waals surface area (Å²) in [4.78, 5) is 68.6. The molecular weight excluding hydrogens is 949 g/mol. The number of nitrogens with zero attached hydrogens (tertiary/aromatic N) is 4. The summed E-state index contributed by atoms with van der Waals surface area (Å²) in [6, 6.07) is 22.7. The lowest BCUT2D eigenvalue weighted by molar-refractivity contribution is -0.144. The zero-order valence-corrected chi connectivity index (χ0v) is 39.4. The van der Waals surface area contributed by atoms with Crippen molar-refractivity contribution in [3.63, 3.8) is 0 Å². The van der Waals surface area contributed by atoms with Crippen LogP contribution in [-0.2, 0) is 33.3 Å². The Labute approximate surface area is 407 Å². The molecule has 0 radical (unpaired) electrons. The number of rotatable bonds is 14. The molecular formula is C47H50N8O15S. The summed E-state index contributed by atoms with van der Waals surface area (Å²) in [5.41, 5.74) is 2.74. The molecule has 4 aromatic carbocycles. The number of carbonyl (C=O) groups excluding carboxylic acids is 5. The van der Waals surface area contributed by atoms with Crippen LogP contribution in [-0.4, -0.2) is 157 Å². The van der Waals surface area contributed by atoms with Gasteiger partial charge in [-0.15, -0.1) is 0 Å². The molecule has 71 heavy (non-hydrogen) atoms. The zero-order chi connectivity index (χ0) is 50.2. The standard InChI is InChI=1S/C27H31N5O7.C20H19N3O8S/c1-2-36-24(33)16-31-11-9-30(10-12-31)14-21-15-32(27(35)39-21)20-6-3-18(4-7-20)25(28)29-26(34)19-5-8-22-23(13-19)38-17-37-22;1-32(26,27)30-10-15-9-23(20(25)31-15)14-5-2-12(3-6-14)18(21)22-19(24)13-4-7-16-17(8-13)29-11-28-16/h3-8,13,21H,2,9-12,14-17H2,1H3,(H2,28,29,34);2-8,15H,9-11H2,1H3,(H2,21,22,24). The van der Waals surface area contributed by atoms with Gasteiger partial charge in [-0.05, 0) is 91.9 Å². The Hall–Kier alpha value is -7.80. The summed E-state index contributed by atoms with van der Waals surface area (Å²) in [5, 5.41) is 21.6. The third-order valence-electron chi connectivity index (χ3n) is 11.5. The number of amidine groups is 2. The third-order valence-corrected chi connectivity index (χ3v) is 12.0. The van der Waals surface area contributed by atoms with Crippen molar-refractivity contribution in [2.75, 3.05) is 95.2 Å². The van der Waals surface area contributed by atoms with Crippen molar-refractivity contribution in [2.24, 2.45) is 0 Å². The average molecular weight is 999 g/mol. The smallest absolute Gasteiger partial charge is 0.414 e. The molecule has 374 valence electrons. The molecule has 0 bridgehead atoms. The van der Waals surface area contributed by atoms with Gasteiger partial charge in [0.25, 0.3) is 21.9 Å². The second kappa shape index (κ2) is 21.9. The molecule has 4 aromatic rings. The Kier molecular flexibility index (Phi) is 15.3. The number of hydrogen-bond acceptors (Lipinski definition) is 19. The predicted octanol–water partition coefficient (Wildman–Crippen LogP) is 3.15. The van der Waals surface area contributed by atoms with Crippen LogP contribution < -0.4 is 39.4 Å². The zero-order valence-electron chi connectivity index (χ0n) is 38.5. The van der Waals surface area contributed by atoms with Crippen LogP contribution in [0.5, 0.6) is 23.0 Å². The fraction of sp³-hybridized carbons (Fsp3) is 0.340. The van der Waals surface area contributed by atoms with E-state index in [4.69, 9.17) is 44.0 Å². The monoisotopic (exact) mass is 998 g/mol. The van der Waals surface area contributed by atoms with E-state index in [0.717, 1.165) is 32.4 Å². The highest BCUT2D eigenvalue weighted by Crippen LogP contribution is 2.34. The lowest BCUT2D eigenvalue weighted by Gasteiger charge is -2.34. The van der Waals surface area contributed by atoms with Gasteiger partial charge in [0.2, 0.25) is 13.6 Å². The van der Waals surface area contributed by atoms with Crippen LogP contribution in [0.3, 0.4) is 0 Å². The maximum atomic E-state index is 12.6. The van der Waals surface area contributed by atoms with Gasteiger partial charge < -0.3 is 43.8 Å². The van der Waals surface area contributed by atoms with Crippen molar-refractivity contribution in [3.05, 3.63) is 107 Å². The first-order valence-corrected chi connectivity index (χ1v) is 24.1. The highest BCUT2D eigenvalue weighted by molar-refractivity contribution is 7.86. The molecule has 5 aliphatic rings. The van der Waals surface area contributed by atoms with Gasteiger partial charge in [0, 0.05) is 66.4 Å². The SMILES string of the molecule is CCOC(=O)CN1CCN(CC2CN(c3ccc(C(=N)NC(=O)c4ccc5c(c4)OCO5)cc3)C(=O)O2)CC1.CS(=O)(=O)OCC1CN(c2ccc(C(=N)NC(=O)c3ccc4c(c3)OCO4)cc2)C(=O)O1. The van der Waals surface area contributed by atoms with Crippen LogP contribution in [0.1, 0.15) is 38.8 Å². The number of cyclic esters (lactones) is 2. The first kappa shape index (κ1) is 49.6. The Balaban J connectivity index is 0.000000194. The molecule has 5 aliphatic heterocycles. The van der Waals surface area contributed by atoms with Gasteiger partial charge in [0.1, 0.15) is 30.5 Å². The normalized spacial score (nSPS) is 18.2. The van der Waals surface area contributed by atoms with Crippen molar-refractivity contribution in [3.8, 4) is 23.0 Å². The molecule has 0 aromatic heterocycles. The Morgan fingerprint density at radius 1 is 0.634 bits per heavy atom. The molecule has 0 aliphatic carbocycles. The number of piperazine rings is 1. The largest absolute Gasteiger partial charge is 0.465 e. The molecule has 3 saturated heterocycles. The van der Waals surface area contributed by atoms with Gasteiger partial charge in [-0.25, -0.2) is 9.59 Å². The summed E-state index contributed by atoms with van der Waals surface area (Å²) in [5.74, 6) is 0.780. The molecule has 23 nitrogen and oxygen atoms in total. The Bertz CT molecular complexity index is 2810. The molecule has 4 amide bonds. The number of amides is 4. The Morgan fingerprint density at radius 2 is 1.07 bits per heavy atom. The molecule has 24 heteroatoms. The van der Waals surface area contributed by atoms with Gasteiger partial charge in [0.15, 0.2) is 23.0 Å². The lowest BCUT2D eigenvalue weighted by Crippen LogP contribution is -2.50. The van der Waals surface area contributed by atoms with Crippen molar-refractivity contribution in [2.45, 2.75) is 19.1 Å². The van der Waals surface area contributed by atoms with Crippen molar-refractivity contribution in [1.29, 1.82) is 10.8 Å². The van der Waals surface area contributed by atoms with Gasteiger partial charge in [-0.3, -0.25) is 49.0 Å². The molecule has 2 unspecified atom stereocenters. The van der Waals surface area contributed by atoms with E-state index >= 15 is 0 Å². The number of anilines is 2. The van der Waals surface area contributed by atoms with Gasteiger partial charge >= 0.3 is 18.2 Å². The molecule has 3 fully saturated rings. The minimum atomic E-state index is -3.64. The minimum absolute atomic E-state index is 0.0619. The number of esters is 1. The van der Waals surface area contributed by atoms with Crippen LogP contribution in [0.4, 0.5) is 21.0 Å². The lowest BCUT2D eigenvalue weighted by atomic mass is 10.1. The summed E-state index contributed by atoms with van der Waals surface area (Å²) in [7, 11) is -3.64. The second-order valence-corrected chi connectivity index (χ2v) is 18.1. The number of nitrogens with one attached hydrogen (secondary N) is 4. The fourth-order valence-corrected chi connectivity index (χ4v) is 8.26. The van der Waals surface area contributed by atoms with Crippen LogP contribution >= 0.6 is 0 Å². The van der Waals surface area contributed by atoms with Crippen molar-refractivity contribution in [1.82, 2.24) is 20.4 Å². The number of carbonyl (C=O) groups is 5. The minimum Gasteiger partial charge on any atom is -0.465 e. The van der Waals surface area contributed by atoms with E-state index in [1.165, 1.54) is 11.0 Å². The molecule has 9 rings (SSSR count). The fourth-order valence-electron chi connectivity index (χ4n) is 7.86. The van der Waals surface area contributed by atoms with E-state index in [9.17, 15) is 32.4 Å². The van der Waals surface area contributed by atoms with Crippen molar-refractivity contribution < 1.29 is 69.7 Å². The summed E-state index contributed by atoms with van der Waals surface area (Å²) in [6.07, 6.45) is -1.13. The maximum absolute atomic E-state index is 12.6. The second-order valence-electron chi connectivity index (χ2n) is 16.5. The van der Waals surface area contributed by atoms with Crippen LogP contribution in [0, 0.1) is 10.8 Å². The van der Waals surface area contributed by atoms with Crippen LogP contribution in [0.15, 0.2) is 84.9 Å². The summed E-state index contributed by atoms with van der Waals surface area (Å²) < 4.78 is 63.6. The molecule has 5 heterocycles. The third kappa shape index (κ3) is 12.7. The molecule has 0 spiro atoms. The van der Waals surface area contributed by atoms with E-state index in [2.05, 4.69) is 24.6 Å². The van der Waals surface area contributed by atoms with E-state index in [1.54, 1.807) is 90.7 Å². The Morgan fingerprint density at radius 3 is 1.55 bits per heavy atom. The highest BCUT2D eigenvalue weighted by Gasteiger charge is 2.35. The number of ether oxygens (including phenoxy) is 7. The summed E-state index contributed by atoms with van der Waals surface area (Å²) in [6.45, 7) is 6.63. The topological polar surface area (TPSA) is 278 Å². The highest BCUT2D eigenvalue weighted by atomic mass is 32.2. The molecule has 2 atom stereocenters. The molecule has 0 saturated carbocycles. The van der Waals surface area contributed by atoms with Gasteiger partial charge in [0.05, 0.1) is 32.5 Å². The van der Waals surface area contributed by atoms with Gasteiger partial charge in [-0.1, -0.05) is 0 Å². The van der Waals surface area contributed by atoms with Gasteiger partial charge in [-0.2, -0.15) is 8.42 Å². The number of hydrogen-bond donors (Lipinski definition) is 4. The van der Waals surface area contributed by atoms with E-state index < -0.39 is 40.2 Å². The van der Waals surface area contributed by atoms with E-state index in [-0.39, 0.29) is 50.5 Å².